The van der Waals surface area contributed by atoms with Gasteiger partial charge in [-0.25, -0.2) is 4.79 Å². The van der Waals surface area contributed by atoms with Crippen molar-refractivity contribution in [2.75, 3.05) is 0 Å². The first kappa shape index (κ1) is 9.75. The molecule has 0 amide bonds. The van der Waals surface area contributed by atoms with Gasteiger partial charge < -0.3 is 5.11 Å². The van der Waals surface area contributed by atoms with Crippen LogP contribution in [0.1, 0.15) is 10.4 Å². The van der Waals surface area contributed by atoms with Gasteiger partial charge in [0.15, 0.2) is 0 Å². The smallest absolute Gasteiger partial charge is 0.338 e. The lowest BCUT2D eigenvalue weighted by atomic mass is 10.3. The van der Waals surface area contributed by atoms with E-state index >= 15 is 0 Å². The van der Waals surface area contributed by atoms with Crippen molar-refractivity contribution in [3.63, 3.8) is 0 Å². The number of carboxylic acids is 1. The van der Waals surface area contributed by atoms with Gasteiger partial charge in [-0.15, -0.1) is 23.7 Å². The first-order chi connectivity index (χ1) is 4.22. The van der Waals surface area contributed by atoms with E-state index in [9.17, 15) is 4.79 Å². The Balaban J connectivity index is 0.000000810. The molecule has 0 unspecified atom stereocenters. The quantitative estimate of drug-likeness (QED) is 0.754. The molecule has 2 nitrogen and oxygen atoms in total. The Kier molecular flexibility index (Phi) is 3.71. The van der Waals surface area contributed by atoms with Crippen LogP contribution in [0, 0.1) is 0 Å². The van der Waals surface area contributed by atoms with Gasteiger partial charge in [-0.05, 0) is 0 Å². The minimum atomic E-state index is -0.971. The van der Waals surface area contributed by atoms with Crippen LogP contribution < -0.4 is 0 Å². The first-order valence-corrected chi connectivity index (χ1v) is 3.49. The van der Waals surface area contributed by atoms with Crippen molar-refractivity contribution in [2.24, 2.45) is 0 Å². The van der Waals surface area contributed by atoms with E-state index < -0.39 is 5.97 Å². The van der Waals surface area contributed by atoms with E-state index in [1.165, 1.54) is 16.7 Å². The molecule has 0 atom stereocenters. The van der Waals surface area contributed by atoms with Gasteiger partial charge in [0.1, 0.15) is 0 Å². The standard InChI is InChI=1S/C5H3ClO2S.ClH/c6-4-2-9-1-3(4)5(7)8;/h1-2H,(H,7,8);1H. The molecule has 0 bridgehead atoms. The van der Waals surface area contributed by atoms with E-state index in [1.807, 2.05) is 0 Å². The zero-order valence-electron chi connectivity index (χ0n) is 4.70. The van der Waals surface area contributed by atoms with Crippen molar-refractivity contribution in [2.45, 2.75) is 0 Å². The Morgan fingerprint density at radius 1 is 1.60 bits per heavy atom. The molecular weight excluding hydrogens is 195 g/mol. The second-order valence-electron chi connectivity index (χ2n) is 1.44. The maximum atomic E-state index is 10.2. The van der Waals surface area contributed by atoms with Crippen LogP contribution in [0.25, 0.3) is 0 Å². The van der Waals surface area contributed by atoms with Crippen LogP contribution in [0.15, 0.2) is 10.8 Å². The van der Waals surface area contributed by atoms with E-state index in [0.717, 1.165) is 0 Å². The summed E-state index contributed by atoms with van der Waals surface area (Å²) in [5.74, 6) is -0.971. The van der Waals surface area contributed by atoms with Gasteiger partial charge >= 0.3 is 5.97 Å². The van der Waals surface area contributed by atoms with E-state index in [4.69, 9.17) is 16.7 Å². The number of halogens is 2. The number of thiophene rings is 1. The molecule has 0 saturated heterocycles. The molecule has 0 aliphatic rings. The van der Waals surface area contributed by atoms with Crippen molar-refractivity contribution in [3.05, 3.63) is 21.3 Å². The molecule has 0 aliphatic carbocycles. The van der Waals surface area contributed by atoms with E-state index in [2.05, 4.69) is 0 Å². The fourth-order valence-electron chi connectivity index (χ4n) is 0.434. The summed E-state index contributed by atoms with van der Waals surface area (Å²) < 4.78 is 0. The predicted octanol–water partition coefficient (Wildman–Crippen LogP) is 2.52. The van der Waals surface area contributed by atoms with Crippen molar-refractivity contribution in [1.82, 2.24) is 0 Å². The summed E-state index contributed by atoms with van der Waals surface area (Å²) in [5.41, 5.74) is 0.182. The molecular formula is C5H4Cl2O2S. The van der Waals surface area contributed by atoms with Crippen LogP contribution in [-0.4, -0.2) is 11.1 Å². The van der Waals surface area contributed by atoms with Crippen molar-refractivity contribution < 1.29 is 9.90 Å². The minimum absolute atomic E-state index is 0. The predicted molar refractivity (Wildman–Crippen MR) is 43.5 cm³/mol. The molecule has 1 rings (SSSR count). The summed E-state index contributed by atoms with van der Waals surface area (Å²) in [4.78, 5) is 10.2. The zero-order chi connectivity index (χ0) is 6.85. The zero-order valence-corrected chi connectivity index (χ0v) is 7.09. The van der Waals surface area contributed by atoms with Gasteiger partial charge in [-0.2, -0.15) is 0 Å². The highest BCUT2D eigenvalue weighted by atomic mass is 35.5. The Morgan fingerprint density at radius 3 is 2.40 bits per heavy atom. The monoisotopic (exact) mass is 198 g/mol. The number of carboxylic acid groups (broad SMARTS) is 1. The van der Waals surface area contributed by atoms with E-state index in [0.29, 0.717) is 5.02 Å². The molecule has 1 heterocycles. The summed E-state index contributed by atoms with van der Waals surface area (Å²) >= 11 is 6.75. The Bertz CT molecular complexity index is 233. The first-order valence-electron chi connectivity index (χ1n) is 2.17. The van der Waals surface area contributed by atoms with Crippen molar-refractivity contribution >= 4 is 41.3 Å². The lowest BCUT2D eigenvalue weighted by molar-refractivity contribution is 0.0697. The number of aromatic carboxylic acids is 1. The maximum absolute atomic E-state index is 10.2. The topological polar surface area (TPSA) is 37.3 Å². The lowest BCUT2D eigenvalue weighted by Gasteiger charge is -1.84. The van der Waals surface area contributed by atoms with Crippen LogP contribution in [0.2, 0.25) is 5.02 Å². The molecule has 1 aromatic rings. The van der Waals surface area contributed by atoms with Crippen molar-refractivity contribution in [1.29, 1.82) is 0 Å². The van der Waals surface area contributed by atoms with Gasteiger partial charge in [0.2, 0.25) is 0 Å². The number of hydrogen-bond donors (Lipinski definition) is 1. The third-order valence-corrected chi connectivity index (χ3v) is 2.03. The average Bonchev–Trinajstić information content (AvgIpc) is 2.13. The lowest BCUT2D eigenvalue weighted by Crippen LogP contribution is -1.92. The molecule has 56 valence electrons. The molecule has 5 heteroatoms. The van der Waals surface area contributed by atoms with Gasteiger partial charge in [-0.1, -0.05) is 11.6 Å². The third-order valence-electron chi connectivity index (χ3n) is 0.845. The second-order valence-corrected chi connectivity index (χ2v) is 2.59. The highest BCUT2D eigenvalue weighted by Crippen LogP contribution is 2.19. The van der Waals surface area contributed by atoms with Crippen LogP contribution in [-0.2, 0) is 0 Å². The molecule has 1 aromatic heterocycles. The van der Waals surface area contributed by atoms with Crippen LogP contribution in [0.5, 0.6) is 0 Å². The SMILES string of the molecule is Cl.O=C(O)c1cscc1Cl. The van der Waals surface area contributed by atoms with Crippen molar-refractivity contribution in [3.8, 4) is 0 Å². The summed E-state index contributed by atoms with van der Waals surface area (Å²) in [7, 11) is 0. The summed E-state index contributed by atoms with van der Waals surface area (Å²) in [6.45, 7) is 0. The highest BCUT2D eigenvalue weighted by molar-refractivity contribution is 7.08. The molecule has 0 saturated carbocycles. The molecule has 0 fully saturated rings. The van der Waals surface area contributed by atoms with Gasteiger partial charge in [0.05, 0.1) is 10.6 Å². The Hall–Kier alpha value is -0.250. The fraction of sp³-hybridized carbons (Fsp3) is 0. The fourth-order valence-corrected chi connectivity index (χ4v) is 1.47. The van der Waals surface area contributed by atoms with E-state index in [-0.39, 0.29) is 18.0 Å². The normalized spacial score (nSPS) is 8.50. The Labute approximate surface area is 72.8 Å². The molecule has 0 radical (unpaired) electrons. The highest BCUT2D eigenvalue weighted by Gasteiger charge is 2.07. The largest absolute Gasteiger partial charge is 0.478 e. The molecule has 0 spiro atoms. The molecule has 0 aromatic carbocycles. The van der Waals surface area contributed by atoms with Crippen LogP contribution in [0.4, 0.5) is 0 Å². The maximum Gasteiger partial charge on any atom is 0.338 e. The summed E-state index contributed by atoms with van der Waals surface area (Å²) in [6, 6.07) is 0. The molecule has 0 aliphatic heterocycles. The number of rotatable bonds is 1. The van der Waals surface area contributed by atoms with Gasteiger partial charge in [0.25, 0.3) is 0 Å². The molecule has 10 heavy (non-hydrogen) atoms. The average molecular weight is 199 g/mol. The van der Waals surface area contributed by atoms with Gasteiger partial charge in [-0.3, -0.25) is 0 Å². The third kappa shape index (κ3) is 1.87. The summed E-state index contributed by atoms with van der Waals surface area (Å²) in [6.07, 6.45) is 0. The van der Waals surface area contributed by atoms with E-state index in [1.54, 1.807) is 5.38 Å². The summed E-state index contributed by atoms with van der Waals surface area (Å²) in [5, 5.41) is 11.8. The molecule has 1 N–H and O–H groups in total. The van der Waals surface area contributed by atoms with Gasteiger partial charge in [0, 0.05) is 10.8 Å². The number of hydrogen-bond acceptors (Lipinski definition) is 2. The Morgan fingerprint density at radius 2 is 2.20 bits per heavy atom. The van der Waals surface area contributed by atoms with Crippen LogP contribution >= 0.6 is 35.3 Å². The minimum Gasteiger partial charge on any atom is -0.478 e. The van der Waals surface area contributed by atoms with Crippen LogP contribution in [0.3, 0.4) is 0 Å². The second kappa shape index (κ2) is 3.81. The number of carbonyl (C=O) groups is 1.